The van der Waals surface area contributed by atoms with Gasteiger partial charge in [0.1, 0.15) is 7.05 Å². The fourth-order valence-corrected chi connectivity index (χ4v) is 2.04. The highest BCUT2D eigenvalue weighted by Crippen LogP contribution is 2.13. The van der Waals surface area contributed by atoms with Crippen molar-refractivity contribution in [2.24, 2.45) is 7.05 Å². The van der Waals surface area contributed by atoms with Gasteiger partial charge in [0.05, 0.1) is 11.3 Å². The van der Waals surface area contributed by atoms with Crippen LogP contribution in [0, 0.1) is 0 Å². The van der Waals surface area contributed by atoms with Crippen molar-refractivity contribution in [1.82, 2.24) is 9.67 Å². The van der Waals surface area contributed by atoms with Crippen molar-refractivity contribution in [3.8, 4) is 17.1 Å². The van der Waals surface area contributed by atoms with Gasteiger partial charge >= 0.3 is 5.82 Å². The lowest BCUT2D eigenvalue weighted by Gasteiger charge is -2.01. The highest BCUT2D eigenvalue weighted by atomic mass is 15.4. The molecule has 0 spiro atoms. The van der Waals surface area contributed by atoms with Crippen LogP contribution in [0.3, 0.4) is 0 Å². The Morgan fingerprint density at radius 2 is 1.50 bits per heavy atom. The maximum absolute atomic E-state index is 4.49. The molecule has 2 aromatic carbocycles. The monoisotopic (exact) mass is 236 g/mol. The molecule has 0 aliphatic heterocycles. The van der Waals surface area contributed by atoms with Crippen molar-refractivity contribution < 1.29 is 4.68 Å². The Bertz CT molecular complexity index is 585. The van der Waals surface area contributed by atoms with Gasteiger partial charge in [-0.1, -0.05) is 36.4 Å². The first-order valence-electron chi connectivity index (χ1n) is 5.91. The molecule has 0 radical (unpaired) electrons. The summed E-state index contributed by atoms with van der Waals surface area (Å²) in [5, 5.41) is 0. The van der Waals surface area contributed by atoms with E-state index in [0.717, 1.165) is 17.1 Å². The third-order valence-electron chi connectivity index (χ3n) is 2.97. The van der Waals surface area contributed by atoms with E-state index in [-0.39, 0.29) is 0 Å². The summed E-state index contributed by atoms with van der Waals surface area (Å²) in [6.45, 7) is 0. The van der Waals surface area contributed by atoms with Crippen LogP contribution in [0.1, 0.15) is 0 Å². The van der Waals surface area contributed by atoms with Crippen molar-refractivity contribution >= 4 is 0 Å². The maximum atomic E-state index is 4.49. The first kappa shape index (κ1) is 10.7. The highest BCUT2D eigenvalue weighted by Gasteiger charge is 2.17. The van der Waals surface area contributed by atoms with Crippen LogP contribution in [0.5, 0.6) is 0 Å². The van der Waals surface area contributed by atoms with Crippen LogP contribution in [-0.2, 0) is 7.05 Å². The summed E-state index contributed by atoms with van der Waals surface area (Å²) >= 11 is 0. The number of rotatable bonds is 2. The summed E-state index contributed by atoms with van der Waals surface area (Å²) in [4.78, 5) is 4.49. The Labute approximate surface area is 106 Å². The molecule has 0 unspecified atom stereocenters. The molecular weight excluding hydrogens is 222 g/mol. The van der Waals surface area contributed by atoms with Crippen LogP contribution >= 0.6 is 0 Å². The maximum Gasteiger partial charge on any atom is 0.350 e. The van der Waals surface area contributed by atoms with Gasteiger partial charge in [0.15, 0.2) is 0 Å². The third kappa shape index (κ3) is 1.80. The number of hydrogen-bond donors (Lipinski definition) is 0. The van der Waals surface area contributed by atoms with Gasteiger partial charge in [0.2, 0.25) is 6.33 Å². The largest absolute Gasteiger partial charge is 0.350 e. The number of aromatic nitrogens is 3. The van der Waals surface area contributed by atoms with Crippen LogP contribution in [0.25, 0.3) is 17.1 Å². The minimum Gasteiger partial charge on any atom is -0.148 e. The van der Waals surface area contributed by atoms with Gasteiger partial charge in [-0.3, -0.25) is 0 Å². The summed E-state index contributed by atoms with van der Waals surface area (Å²) in [5.41, 5.74) is 2.23. The summed E-state index contributed by atoms with van der Waals surface area (Å²) in [7, 11) is 2.02. The second-order valence-corrected chi connectivity index (χ2v) is 4.14. The molecule has 0 saturated heterocycles. The molecule has 0 atom stereocenters. The van der Waals surface area contributed by atoms with E-state index in [1.54, 1.807) is 0 Å². The Morgan fingerprint density at radius 3 is 2.17 bits per heavy atom. The molecule has 1 heterocycles. The lowest BCUT2D eigenvalue weighted by Crippen LogP contribution is -2.39. The lowest BCUT2D eigenvalue weighted by atomic mass is 10.2. The van der Waals surface area contributed by atoms with Gasteiger partial charge in [-0.05, 0) is 29.2 Å². The second kappa shape index (κ2) is 4.45. The van der Waals surface area contributed by atoms with E-state index in [0.29, 0.717) is 0 Å². The summed E-state index contributed by atoms with van der Waals surface area (Å²) in [6, 6.07) is 20.4. The topological polar surface area (TPSA) is 21.7 Å². The van der Waals surface area contributed by atoms with E-state index in [4.69, 9.17) is 0 Å². The minimum absolute atomic E-state index is 0.958. The first-order valence-corrected chi connectivity index (χ1v) is 5.91. The van der Waals surface area contributed by atoms with Crippen molar-refractivity contribution in [3.05, 3.63) is 67.0 Å². The SMILES string of the molecule is C[n+]1c(-c2ccccc2)ncn1-c1ccccc1. The van der Waals surface area contributed by atoms with Crippen molar-refractivity contribution in [2.75, 3.05) is 0 Å². The number of para-hydroxylation sites is 1. The molecule has 0 fully saturated rings. The predicted molar refractivity (Wildman–Crippen MR) is 70.2 cm³/mol. The fourth-order valence-electron chi connectivity index (χ4n) is 2.04. The molecule has 0 aliphatic rings. The van der Waals surface area contributed by atoms with Gasteiger partial charge in [0.25, 0.3) is 0 Å². The zero-order chi connectivity index (χ0) is 12.4. The third-order valence-corrected chi connectivity index (χ3v) is 2.97. The van der Waals surface area contributed by atoms with Gasteiger partial charge in [-0.25, -0.2) is 0 Å². The molecule has 3 rings (SSSR count). The zero-order valence-corrected chi connectivity index (χ0v) is 10.2. The molecular formula is C15H14N3+. The summed E-state index contributed by atoms with van der Waals surface area (Å²) < 4.78 is 4.08. The second-order valence-electron chi connectivity index (χ2n) is 4.14. The van der Waals surface area contributed by atoms with Crippen LogP contribution in [0.2, 0.25) is 0 Å². The summed E-state index contributed by atoms with van der Waals surface area (Å²) in [5.74, 6) is 0.958. The van der Waals surface area contributed by atoms with E-state index in [2.05, 4.69) is 29.2 Å². The molecule has 18 heavy (non-hydrogen) atoms. The molecule has 0 bridgehead atoms. The lowest BCUT2D eigenvalue weighted by molar-refractivity contribution is -0.735. The van der Waals surface area contributed by atoms with E-state index in [1.165, 1.54) is 0 Å². The quantitative estimate of drug-likeness (QED) is 0.626. The average molecular weight is 236 g/mol. The molecule has 0 aliphatic carbocycles. The van der Waals surface area contributed by atoms with E-state index >= 15 is 0 Å². The van der Waals surface area contributed by atoms with E-state index in [1.807, 2.05) is 59.1 Å². The van der Waals surface area contributed by atoms with E-state index in [9.17, 15) is 0 Å². The Morgan fingerprint density at radius 1 is 0.889 bits per heavy atom. The Kier molecular flexibility index (Phi) is 2.65. The molecule has 3 aromatic rings. The molecule has 0 saturated carbocycles. The molecule has 3 nitrogen and oxygen atoms in total. The number of benzene rings is 2. The van der Waals surface area contributed by atoms with Crippen LogP contribution in [0.4, 0.5) is 0 Å². The van der Waals surface area contributed by atoms with Crippen molar-refractivity contribution in [1.29, 1.82) is 0 Å². The van der Waals surface area contributed by atoms with Crippen molar-refractivity contribution in [3.63, 3.8) is 0 Å². The normalized spacial score (nSPS) is 10.5. The molecule has 88 valence electrons. The minimum atomic E-state index is 0.958. The van der Waals surface area contributed by atoms with Gasteiger partial charge in [-0.2, -0.15) is 0 Å². The van der Waals surface area contributed by atoms with Crippen molar-refractivity contribution in [2.45, 2.75) is 0 Å². The van der Waals surface area contributed by atoms with Gasteiger partial charge < -0.3 is 0 Å². The van der Waals surface area contributed by atoms with Crippen LogP contribution in [0.15, 0.2) is 67.0 Å². The van der Waals surface area contributed by atoms with E-state index < -0.39 is 0 Å². The fraction of sp³-hybridized carbons (Fsp3) is 0.0667. The first-order chi connectivity index (χ1) is 8.86. The number of nitrogens with zero attached hydrogens (tertiary/aromatic N) is 3. The van der Waals surface area contributed by atoms with Gasteiger partial charge in [0, 0.05) is 0 Å². The van der Waals surface area contributed by atoms with Gasteiger partial charge in [-0.15, -0.1) is 9.36 Å². The molecule has 0 N–H and O–H groups in total. The predicted octanol–water partition coefficient (Wildman–Crippen LogP) is 2.36. The Hall–Kier alpha value is -2.42. The van der Waals surface area contributed by atoms with Crippen LogP contribution < -0.4 is 4.68 Å². The van der Waals surface area contributed by atoms with Crippen LogP contribution in [-0.4, -0.2) is 9.67 Å². The standard InChI is InChI=1S/C15H14N3/c1-17-15(13-8-4-2-5-9-13)16-12-18(17)14-10-6-3-7-11-14/h2-12H,1H3/q+1. The highest BCUT2D eigenvalue weighted by molar-refractivity contribution is 5.51. The molecule has 3 heteroatoms. The smallest absolute Gasteiger partial charge is 0.148 e. The number of hydrogen-bond acceptors (Lipinski definition) is 1. The molecule has 1 aromatic heterocycles. The Balaban J connectivity index is 2.09. The summed E-state index contributed by atoms with van der Waals surface area (Å²) in [6.07, 6.45) is 1.84. The molecule has 0 amide bonds. The zero-order valence-electron chi connectivity index (χ0n) is 10.2. The average Bonchev–Trinajstić information content (AvgIpc) is 2.83.